The van der Waals surface area contributed by atoms with Gasteiger partial charge in [-0.3, -0.25) is 10.1 Å². The van der Waals surface area contributed by atoms with Crippen LogP contribution in [0.25, 0.3) is 5.69 Å². The third-order valence-corrected chi connectivity index (χ3v) is 2.74. The average molecular weight is 271 g/mol. The predicted octanol–water partition coefficient (Wildman–Crippen LogP) is 3.05. The predicted molar refractivity (Wildman–Crippen MR) is 72.9 cm³/mol. The zero-order valence-corrected chi connectivity index (χ0v) is 10.9. The third kappa shape index (κ3) is 2.47. The number of ether oxygens (including phenoxy) is 1. The number of hydrogen-bond acceptors (Lipinski definition) is 4. The van der Waals surface area contributed by atoms with E-state index in [1.54, 1.807) is 36.5 Å². The molecule has 1 aromatic heterocycles. The summed E-state index contributed by atoms with van der Waals surface area (Å²) in [6, 6.07) is 10.1. The molecule has 20 heavy (non-hydrogen) atoms. The van der Waals surface area contributed by atoms with Crippen molar-refractivity contribution in [3.63, 3.8) is 0 Å². The van der Waals surface area contributed by atoms with Crippen molar-refractivity contribution >= 4 is 5.69 Å². The SMILES string of the molecule is CCCOc1cccc(-n2cccc2C#N)c1[N+](=O)[O-]. The second kappa shape index (κ2) is 5.89. The monoisotopic (exact) mass is 271 g/mol. The van der Waals surface area contributed by atoms with Gasteiger partial charge in [0.25, 0.3) is 0 Å². The first kappa shape index (κ1) is 13.6. The van der Waals surface area contributed by atoms with Gasteiger partial charge in [0.05, 0.1) is 11.5 Å². The number of para-hydroxylation sites is 1. The molecule has 0 aliphatic carbocycles. The highest BCUT2D eigenvalue weighted by molar-refractivity contribution is 5.62. The van der Waals surface area contributed by atoms with Crippen LogP contribution in [0.5, 0.6) is 5.75 Å². The van der Waals surface area contributed by atoms with Gasteiger partial charge in [-0.1, -0.05) is 13.0 Å². The lowest BCUT2D eigenvalue weighted by Crippen LogP contribution is -2.05. The number of aromatic nitrogens is 1. The van der Waals surface area contributed by atoms with Crippen molar-refractivity contribution in [2.45, 2.75) is 13.3 Å². The number of nitro groups is 1. The summed E-state index contributed by atoms with van der Waals surface area (Å²) >= 11 is 0. The van der Waals surface area contributed by atoms with Crippen molar-refractivity contribution in [3.8, 4) is 17.5 Å². The van der Waals surface area contributed by atoms with Gasteiger partial charge in [-0.2, -0.15) is 5.26 Å². The molecule has 0 saturated carbocycles. The van der Waals surface area contributed by atoms with Crippen LogP contribution < -0.4 is 4.74 Å². The van der Waals surface area contributed by atoms with Crippen LogP contribution in [0, 0.1) is 21.4 Å². The van der Waals surface area contributed by atoms with Crippen molar-refractivity contribution in [2.75, 3.05) is 6.61 Å². The van der Waals surface area contributed by atoms with E-state index in [1.807, 2.05) is 13.0 Å². The lowest BCUT2D eigenvalue weighted by Gasteiger charge is -2.10. The summed E-state index contributed by atoms with van der Waals surface area (Å²) in [7, 11) is 0. The van der Waals surface area contributed by atoms with Crippen molar-refractivity contribution in [1.29, 1.82) is 5.26 Å². The molecule has 0 spiro atoms. The van der Waals surface area contributed by atoms with Crippen molar-refractivity contribution in [1.82, 2.24) is 4.57 Å². The standard InChI is InChI=1S/C14H13N3O3/c1-2-9-20-13-7-3-6-12(14(13)17(18)19)16-8-4-5-11(16)10-15/h3-8H,2,9H2,1H3. The number of nitrogens with zero attached hydrogens (tertiary/aromatic N) is 3. The first-order valence-electron chi connectivity index (χ1n) is 6.17. The zero-order chi connectivity index (χ0) is 14.5. The summed E-state index contributed by atoms with van der Waals surface area (Å²) < 4.78 is 6.90. The van der Waals surface area contributed by atoms with Gasteiger partial charge < -0.3 is 9.30 Å². The Balaban J connectivity index is 2.59. The molecule has 0 aliphatic rings. The Morgan fingerprint density at radius 2 is 2.20 bits per heavy atom. The Kier molecular flexibility index (Phi) is 4.01. The molecule has 0 N–H and O–H groups in total. The van der Waals surface area contributed by atoms with Crippen LogP contribution in [-0.2, 0) is 0 Å². The highest BCUT2D eigenvalue weighted by Crippen LogP contribution is 2.34. The van der Waals surface area contributed by atoms with Crippen LogP contribution >= 0.6 is 0 Å². The summed E-state index contributed by atoms with van der Waals surface area (Å²) in [5, 5.41) is 20.4. The smallest absolute Gasteiger partial charge is 0.334 e. The molecule has 0 saturated heterocycles. The van der Waals surface area contributed by atoms with E-state index >= 15 is 0 Å². The van der Waals surface area contributed by atoms with Crippen LogP contribution in [0.15, 0.2) is 36.5 Å². The lowest BCUT2D eigenvalue weighted by atomic mass is 10.2. The maximum atomic E-state index is 11.3. The van der Waals surface area contributed by atoms with E-state index in [0.717, 1.165) is 6.42 Å². The number of rotatable bonds is 5. The minimum absolute atomic E-state index is 0.131. The third-order valence-electron chi connectivity index (χ3n) is 2.74. The van der Waals surface area contributed by atoms with Crippen LogP contribution in [-0.4, -0.2) is 16.1 Å². The molecule has 0 amide bonds. The fraction of sp³-hybridized carbons (Fsp3) is 0.214. The van der Waals surface area contributed by atoms with Crippen molar-refractivity contribution < 1.29 is 9.66 Å². The maximum Gasteiger partial charge on any atom is 0.334 e. The fourth-order valence-corrected chi connectivity index (χ4v) is 1.90. The highest BCUT2D eigenvalue weighted by atomic mass is 16.6. The topological polar surface area (TPSA) is 81.1 Å². The molecule has 0 fully saturated rings. The van der Waals surface area contributed by atoms with Gasteiger partial charge in [0, 0.05) is 6.20 Å². The van der Waals surface area contributed by atoms with Crippen LogP contribution in [0.2, 0.25) is 0 Å². The largest absolute Gasteiger partial charge is 0.487 e. The first-order chi connectivity index (χ1) is 9.69. The number of benzene rings is 1. The van der Waals surface area contributed by atoms with Gasteiger partial charge in [-0.25, -0.2) is 0 Å². The van der Waals surface area contributed by atoms with Crippen LogP contribution in [0.4, 0.5) is 5.69 Å². The van der Waals surface area contributed by atoms with E-state index in [4.69, 9.17) is 10.00 Å². The Bertz CT molecular complexity index is 671. The minimum atomic E-state index is -0.485. The Morgan fingerprint density at radius 3 is 2.85 bits per heavy atom. The van der Waals surface area contributed by atoms with Gasteiger partial charge in [0.15, 0.2) is 5.75 Å². The maximum absolute atomic E-state index is 11.3. The van der Waals surface area contributed by atoms with E-state index in [9.17, 15) is 10.1 Å². The number of hydrogen-bond donors (Lipinski definition) is 0. The molecule has 102 valence electrons. The van der Waals surface area contributed by atoms with Gasteiger partial charge in [0.1, 0.15) is 17.5 Å². The Hall–Kier alpha value is -2.81. The van der Waals surface area contributed by atoms with E-state index < -0.39 is 4.92 Å². The molecule has 6 heteroatoms. The summed E-state index contributed by atoms with van der Waals surface area (Å²) in [6.45, 7) is 2.33. The zero-order valence-electron chi connectivity index (χ0n) is 10.9. The van der Waals surface area contributed by atoms with Crippen molar-refractivity contribution in [2.24, 2.45) is 0 Å². The molecule has 1 heterocycles. The van der Waals surface area contributed by atoms with Gasteiger partial charge in [-0.15, -0.1) is 0 Å². The second-order valence-electron chi connectivity index (χ2n) is 4.10. The molecule has 0 radical (unpaired) electrons. The molecule has 1 aromatic carbocycles. The molecule has 0 unspecified atom stereocenters. The van der Waals surface area contributed by atoms with Crippen LogP contribution in [0.3, 0.4) is 0 Å². The Morgan fingerprint density at radius 1 is 1.40 bits per heavy atom. The molecule has 6 nitrogen and oxygen atoms in total. The lowest BCUT2D eigenvalue weighted by molar-refractivity contribution is -0.385. The molecule has 0 atom stereocenters. The molecule has 2 aromatic rings. The molecule has 0 bridgehead atoms. The van der Waals surface area contributed by atoms with Crippen LogP contribution in [0.1, 0.15) is 19.0 Å². The Labute approximate surface area is 116 Å². The fourth-order valence-electron chi connectivity index (χ4n) is 1.90. The summed E-state index contributed by atoms with van der Waals surface area (Å²) in [5.74, 6) is 0.215. The van der Waals surface area contributed by atoms with E-state index in [1.165, 1.54) is 4.57 Å². The highest BCUT2D eigenvalue weighted by Gasteiger charge is 2.23. The van der Waals surface area contributed by atoms with E-state index in [-0.39, 0.29) is 11.4 Å². The van der Waals surface area contributed by atoms with Gasteiger partial charge >= 0.3 is 5.69 Å². The average Bonchev–Trinajstić information content (AvgIpc) is 2.92. The van der Waals surface area contributed by atoms with Gasteiger partial charge in [0.2, 0.25) is 0 Å². The molecular weight excluding hydrogens is 258 g/mol. The van der Waals surface area contributed by atoms with E-state index in [0.29, 0.717) is 18.0 Å². The number of nitro benzene ring substituents is 1. The molecule has 2 rings (SSSR count). The van der Waals surface area contributed by atoms with E-state index in [2.05, 4.69) is 0 Å². The number of nitriles is 1. The molecular formula is C14H13N3O3. The normalized spacial score (nSPS) is 10.0. The quantitative estimate of drug-likeness (QED) is 0.618. The van der Waals surface area contributed by atoms with Gasteiger partial charge in [-0.05, 0) is 30.7 Å². The van der Waals surface area contributed by atoms with Crippen molar-refractivity contribution in [3.05, 3.63) is 52.3 Å². The first-order valence-corrected chi connectivity index (χ1v) is 6.17. The minimum Gasteiger partial charge on any atom is -0.487 e. The summed E-state index contributed by atoms with van der Waals surface area (Å²) in [4.78, 5) is 10.8. The molecule has 0 aliphatic heterocycles. The summed E-state index contributed by atoms with van der Waals surface area (Å²) in [5.41, 5.74) is 0.527. The second-order valence-corrected chi connectivity index (χ2v) is 4.10. The summed E-state index contributed by atoms with van der Waals surface area (Å²) in [6.07, 6.45) is 2.37.